The fraction of sp³-hybridized carbons (Fsp3) is 0.600. The van der Waals surface area contributed by atoms with Crippen molar-refractivity contribution in [3.63, 3.8) is 0 Å². The largest absolute Gasteiger partial charge is 0.507 e. The first-order valence-corrected chi connectivity index (χ1v) is 8.78. The van der Waals surface area contributed by atoms with Gasteiger partial charge < -0.3 is 14.6 Å². The van der Waals surface area contributed by atoms with Crippen LogP contribution in [0.25, 0.3) is 0 Å². The van der Waals surface area contributed by atoms with Crippen LogP contribution in [0.4, 0.5) is 0 Å². The molecule has 6 heteroatoms. The zero-order chi connectivity index (χ0) is 15.3. The maximum atomic E-state index is 12.8. The van der Waals surface area contributed by atoms with Crippen molar-refractivity contribution in [1.82, 2.24) is 0 Å². The molecular weight excluding hydrogens is 292 g/mol. The molecule has 1 aromatic carbocycles. The van der Waals surface area contributed by atoms with Crippen LogP contribution in [0.2, 0.25) is 0 Å². The number of aromatic hydroxyl groups is 1. The molecule has 116 valence electrons. The molecule has 0 spiro atoms. The number of benzene rings is 1. The number of fused-ring (bicyclic) bond motifs is 2. The highest BCUT2D eigenvalue weighted by molar-refractivity contribution is 7.92. The Bertz CT molecular complexity index is 641. The summed E-state index contributed by atoms with van der Waals surface area (Å²) in [6.45, 7) is 3.80. The summed E-state index contributed by atoms with van der Waals surface area (Å²) in [7, 11) is -3.60. The molecule has 0 saturated carbocycles. The van der Waals surface area contributed by atoms with Gasteiger partial charge in [-0.3, -0.25) is 0 Å². The molecule has 5 nitrogen and oxygen atoms in total. The normalized spacial score (nSPS) is 35.8. The predicted molar refractivity (Wildman–Crippen MR) is 76.8 cm³/mol. The molecule has 2 saturated heterocycles. The third-order valence-electron chi connectivity index (χ3n) is 4.32. The minimum absolute atomic E-state index is 0.00653. The van der Waals surface area contributed by atoms with E-state index in [0.717, 1.165) is 6.42 Å². The molecule has 3 rings (SSSR count). The fourth-order valence-corrected chi connectivity index (χ4v) is 5.28. The van der Waals surface area contributed by atoms with Crippen molar-refractivity contribution in [2.45, 2.75) is 61.3 Å². The Morgan fingerprint density at radius 1 is 1.33 bits per heavy atom. The van der Waals surface area contributed by atoms with E-state index in [2.05, 4.69) is 0 Å². The van der Waals surface area contributed by atoms with E-state index < -0.39 is 20.9 Å². The second-order valence-electron chi connectivity index (χ2n) is 5.93. The molecule has 0 aliphatic carbocycles. The summed E-state index contributed by atoms with van der Waals surface area (Å²) in [5, 5.41) is 9.25. The van der Waals surface area contributed by atoms with Gasteiger partial charge in [-0.25, -0.2) is 8.42 Å². The summed E-state index contributed by atoms with van der Waals surface area (Å²) in [6, 6.07) is 6.07. The minimum atomic E-state index is -3.60. The van der Waals surface area contributed by atoms with E-state index in [1.54, 1.807) is 19.1 Å². The van der Waals surface area contributed by atoms with Crippen LogP contribution in [-0.4, -0.2) is 36.8 Å². The number of phenolic OH excluding ortho intramolecular Hbond substituents is 1. The van der Waals surface area contributed by atoms with Gasteiger partial charge in [0, 0.05) is 6.42 Å². The number of hydrogen-bond acceptors (Lipinski definition) is 5. The third-order valence-corrected chi connectivity index (χ3v) is 6.52. The van der Waals surface area contributed by atoms with Crippen LogP contribution in [0.15, 0.2) is 29.2 Å². The molecule has 3 unspecified atom stereocenters. The van der Waals surface area contributed by atoms with E-state index in [9.17, 15) is 13.5 Å². The lowest BCUT2D eigenvalue weighted by atomic mass is 10.0. The Balaban J connectivity index is 1.93. The van der Waals surface area contributed by atoms with Crippen molar-refractivity contribution < 1.29 is 23.0 Å². The van der Waals surface area contributed by atoms with Gasteiger partial charge >= 0.3 is 0 Å². The number of hydrogen-bond donors (Lipinski definition) is 1. The second kappa shape index (κ2) is 4.97. The van der Waals surface area contributed by atoms with Gasteiger partial charge in [0.2, 0.25) is 0 Å². The first kappa shape index (κ1) is 14.8. The molecular formula is C15H20O5S. The molecule has 2 aliphatic rings. The van der Waals surface area contributed by atoms with Gasteiger partial charge in [0.15, 0.2) is 15.6 Å². The molecule has 4 atom stereocenters. The Morgan fingerprint density at radius 3 is 2.71 bits per heavy atom. The van der Waals surface area contributed by atoms with Crippen molar-refractivity contribution in [2.75, 3.05) is 0 Å². The van der Waals surface area contributed by atoms with Gasteiger partial charge in [0.05, 0.1) is 17.5 Å². The van der Waals surface area contributed by atoms with Crippen LogP contribution in [0.3, 0.4) is 0 Å². The van der Waals surface area contributed by atoms with Crippen molar-refractivity contribution >= 4 is 9.84 Å². The van der Waals surface area contributed by atoms with Gasteiger partial charge in [-0.1, -0.05) is 19.1 Å². The highest BCUT2D eigenvalue weighted by Gasteiger charge is 2.53. The van der Waals surface area contributed by atoms with Crippen molar-refractivity contribution in [1.29, 1.82) is 0 Å². The topological polar surface area (TPSA) is 72.8 Å². The first-order chi connectivity index (χ1) is 9.86. The standard InChI is InChI=1S/C15H20O5S/c1-3-12-13-8-10(9-15(2,19-12)20-13)21(17,18)14-7-5-4-6-11(14)16/h4-7,10,12-13,16H,3,8-9H2,1-2H3/t10?,12-,13?,15?/m0/s1. The van der Waals surface area contributed by atoms with Gasteiger partial charge in [-0.2, -0.15) is 0 Å². The smallest absolute Gasteiger partial charge is 0.185 e. The van der Waals surface area contributed by atoms with E-state index in [1.807, 2.05) is 6.92 Å². The average molecular weight is 312 g/mol. The Kier molecular flexibility index (Phi) is 3.50. The lowest BCUT2D eigenvalue weighted by molar-refractivity contribution is -0.178. The van der Waals surface area contributed by atoms with Gasteiger partial charge in [0.25, 0.3) is 0 Å². The van der Waals surface area contributed by atoms with Crippen molar-refractivity contribution in [3.05, 3.63) is 24.3 Å². The van der Waals surface area contributed by atoms with E-state index >= 15 is 0 Å². The van der Waals surface area contributed by atoms with E-state index in [1.165, 1.54) is 12.1 Å². The first-order valence-electron chi connectivity index (χ1n) is 7.23. The molecule has 2 bridgehead atoms. The molecule has 1 N–H and O–H groups in total. The number of sulfone groups is 1. The number of rotatable bonds is 3. The maximum absolute atomic E-state index is 12.8. The Morgan fingerprint density at radius 2 is 2.05 bits per heavy atom. The predicted octanol–water partition coefficient (Wildman–Crippen LogP) is 2.24. The van der Waals surface area contributed by atoms with Crippen molar-refractivity contribution in [3.8, 4) is 5.75 Å². The average Bonchev–Trinajstić information content (AvgIpc) is 2.67. The summed E-state index contributed by atoms with van der Waals surface area (Å²) in [6.07, 6.45) is 1.24. The number of phenols is 1. The zero-order valence-corrected chi connectivity index (χ0v) is 13.0. The fourth-order valence-electron chi connectivity index (χ4n) is 3.33. The number of para-hydroxylation sites is 1. The van der Waals surface area contributed by atoms with Crippen LogP contribution >= 0.6 is 0 Å². The molecule has 21 heavy (non-hydrogen) atoms. The summed E-state index contributed by atoms with van der Waals surface area (Å²) in [5.74, 6) is -1.04. The molecule has 0 amide bonds. The molecule has 0 aromatic heterocycles. The quantitative estimate of drug-likeness (QED) is 0.926. The lowest BCUT2D eigenvalue weighted by Crippen LogP contribution is -2.41. The minimum Gasteiger partial charge on any atom is -0.507 e. The summed E-state index contributed by atoms with van der Waals surface area (Å²) >= 11 is 0. The maximum Gasteiger partial charge on any atom is 0.185 e. The molecule has 2 heterocycles. The monoisotopic (exact) mass is 312 g/mol. The van der Waals surface area contributed by atoms with Crippen molar-refractivity contribution in [2.24, 2.45) is 0 Å². The number of ether oxygens (including phenoxy) is 2. The molecule has 2 fully saturated rings. The summed E-state index contributed by atoms with van der Waals surface area (Å²) in [5.41, 5.74) is 0. The van der Waals surface area contributed by atoms with Crippen LogP contribution in [0.5, 0.6) is 5.75 Å². The van der Waals surface area contributed by atoms with E-state index in [-0.39, 0.29) is 29.3 Å². The van der Waals surface area contributed by atoms with Crippen LogP contribution in [0.1, 0.15) is 33.1 Å². The molecule has 2 aliphatic heterocycles. The summed E-state index contributed by atoms with van der Waals surface area (Å²) in [4.78, 5) is -0.00653. The van der Waals surface area contributed by atoms with E-state index in [4.69, 9.17) is 9.47 Å². The molecule has 0 radical (unpaired) electrons. The lowest BCUT2D eigenvalue weighted by Gasteiger charge is -2.33. The molecule has 1 aromatic rings. The van der Waals surface area contributed by atoms with E-state index in [0.29, 0.717) is 6.42 Å². The highest BCUT2D eigenvalue weighted by atomic mass is 32.2. The Labute approximate surface area is 124 Å². The third kappa shape index (κ3) is 2.45. The van der Waals surface area contributed by atoms with Gasteiger partial charge in [0.1, 0.15) is 10.6 Å². The van der Waals surface area contributed by atoms with Crippen LogP contribution < -0.4 is 0 Å². The zero-order valence-electron chi connectivity index (χ0n) is 12.2. The highest BCUT2D eigenvalue weighted by Crippen LogP contribution is 2.44. The van der Waals surface area contributed by atoms with Crippen LogP contribution in [-0.2, 0) is 19.3 Å². The SMILES string of the molecule is CC[C@@H]1OC2(C)CC(S(=O)(=O)c3ccccc3O)CC1O2. The van der Waals surface area contributed by atoms with Gasteiger partial charge in [-0.15, -0.1) is 0 Å². The second-order valence-corrected chi connectivity index (χ2v) is 8.13. The Hall–Kier alpha value is -1.11. The van der Waals surface area contributed by atoms with Gasteiger partial charge in [-0.05, 0) is 31.9 Å². The summed E-state index contributed by atoms with van der Waals surface area (Å²) < 4.78 is 37.3. The van der Waals surface area contributed by atoms with Crippen LogP contribution in [0, 0.1) is 0 Å².